The highest BCUT2D eigenvalue weighted by atomic mass is 16.5. The van der Waals surface area contributed by atoms with E-state index in [0.29, 0.717) is 46.7 Å². The van der Waals surface area contributed by atoms with Crippen LogP contribution in [-0.4, -0.2) is 33.0 Å². The standard InChI is InChI=1S/C26H24N2O4/c1-27-26(30)22-16-28(15-17-7-5-4-6-8-17)10-9-18(22)11-20-12-19-13-23(31-2)24(32-3)14-21(19)25(20)29/h4-11,13-14,16H,12,15H2,1-3H3/p+1. The lowest BCUT2D eigenvalue weighted by Crippen LogP contribution is -2.36. The highest BCUT2D eigenvalue weighted by Crippen LogP contribution is 2.37. The van der Waals surface area contributed by atoms with E-state index in [0.717, 1.165) is 11.1 Å². The first-order valence-corrected chi connectivity index (χ1v) is 10.3. The van der Waals surface area contributed by atoms with Crippen molar-refractivity contribution in [2.24, 2.45) is 0 Å². The van der Waals surface area contributed by atoms with Crippen LogP contribution in [0.4, 0.5) is 0 Å². The van der Waals surface area contributed by atoms with E-state index in [1.807, 2.05) is 59.4 Å². The van der Waals surface area contributed by atoms with E-state index >= 15 is 0 Å². The van der Waals surface area contributed by atoms with Crippen molar-refractivity contribution in [2.75, 3.05) is 21.3 Å². The van der Waals surface area contributed by atoms with Gasteiger partial charge in [0.25, 0.3) is 5.91 Å². The fourth-order valence-electron chi connectivity index (χ4n) is 3.93. The lowest BCUT2D eigenvalue weighted by atomic mass is 10.0. The Kier molecular flexibility index (Phi) is 6.03. The zero-order chi connectivity index (χ0) is 22.7. The summed E-state index contributed by atoms with van der Waals surface area (Å²) < 4.78 is 12.7. The van der Waals surface area contributed by atoms with Gasteiger partial charge in [-0.05, 0) is 29.3 Å². The second kappa shape index (κ2) is 9.06. The first-order chi connectivity index (χ1) is 15.5. The molecule has 0 bridgehead atoms. The van der Waals surface area contributed by atoms with Crippen LogP contribution in [0.15, 0.2) is 66.5 Å². The van der Waals surface area contributed by atoms with E-state index in [1.165, 1.54) is 0 Å². The summed E-state index contributed by atoms with van der Waals surface area (Å²) in [4.78, 5) is 25.7. The number of pyridine rings is 1. The van der Waals surface area contributed by atoms with Gasteiger partial charge in [-0.25, -0.2) is 0 Å². The molecule has 3 aromatic rings. The number of carbonyl (C=O) groups is 2. The van der Waals surface area contributed by atoms with Crippen molar-refractivity contribution in [1.82, 2.24) is 5.32 Å². The van der Waals surface area contributed by atoms with Crippen molar-refractivity contribution in [3.63, 3.8) is 0 Å². The number of hydrogen-bond donors (Lipinski definition) is 1. The lowest BCUT2D eigenvalue weighted by molar-refractivity contribution is -0.688. The molecular weight excluding hydrogens is 404 g/mol. The third-order valence-electron chi connectivity index (χ3n) is 5.59. The molecule has 6 nitrogen and oxygen atoms in total. The zero-order valence-corrected chi connectivity index (χ0v) is 18.3. The molecular formula is C26H25N2O4+. The minimum atomic E-state index is -0.203. The van der Waals surface area contributed by atoms with Gasteiger partial charge >= 0.3 is 0 Å². The molecule has 1 aliphatic rings. The number of fused-ring (bicyclic) bond motifs is 1. The maximum absolute atomic E-state index is 13.1. The van der Waals surface area contributed by atoms with Crippen LogP contribution in [-0.2, 0) is 13.0 Å². The van der Waals surface area contributed by atoms with Crippen molar-refractivity contribution < 1.29 is 23.6 Å². The van der Waals surface area contributed by atoms with E-state index in [9.17, 15) is 9.59 Å². The molecule has 32 heavy (non-hydrogen) atoms. The first kappa shape index (κ1) is 21.3. The predicted molar refractivity (Wildman–Crippen MR) is 121 cm³/mol. The van der Waals surface area contributed by atoms with E-state index in [2.05, 4.69) is 5.32 Å². The summed E-state index contributed by atoms with van der Waals surface area (Å²) in [5, 5.41) is 2.70. The molecule has 0 atom stereocenters. The fraction of sp³-hybridized carbons (Fsp3) is 0.192. The molecule has 1 heterocycles. The van der Waals surface area contributed by atoms with Crippen molar-refractivity contribution in [1.29, 1.82) is 0 Å². The van der Waals surface area contributed by atoms with Crippen LogP contribution in [0.1, 0.15) is 37.4 Å². The van der Waals surface area contributed by atoms with E-state index < -0.39 is 0 Å². The Bertz CT molecular complexity index is 1220. The number of aromatic nitrogens is 1. The third kappa shape index (κ3) is 4.12. The number of hydrogen-bond acceptors (Lipinski definition) is 4. The molecule has 0 aliphatic heterocycles. The minimum absolute atomic E-state index is 0.0650. The molecule has 1 aromatic heterocycles. The van der Waals surface area contributed by atoms with Gasteiger partial charge in [-0.1, -0.05) is 30.3 Å². The van der Waals surface area contributed by atoms with E-state index in [-0.39, 0.29) is 11.7 Å². The maximum atomic E-state index is 13.1. The molecule has 0 radical (unpaired) electrons. The molecule has 6 heteroatoms. The van der Waals surface area contributed by atoms with Crippen LogP contribution in [0.3, 0.4) is 0 Å². The molecule has 0 fully saturated rings. The van der Waals surface area contributed by atoms with Gasteiger partial charge in [0.05, 0.1) is 14.2 Å². The Labute approximate surface area is 187 Å². The molecule has 0 unspecified atom stereocenters. The van der Waals surface area contributed by atoms with Crippen molar-refractivity contribution in [2.45, 2.75) is 13.0 Å². The van der Waals surface area contributed by atoms with Gasteiger partial charge in [-0.3, -0.25) is 9.59 Å². The monoisotopic (exact) mass is 429 g/mol. The third-order valence-corrected chi connectivity index (χ3v) is 5.59. The molecule has 1 N–H and O–H groups in total. The number of nitrogens with one attached hydrogen (secondary N) is 1. The van der Waals surface area contributed by atoms with Gasteiger partial charge in [-0.15, -0.1) is 0 Å². The summed E-state index contributed by atoms with van der Waals surface area (Å²) in [5.74, 6) is 0.844. The van der Waals surface area contributed by atoms with Crippen molar-refractivity contribution in [3.8, 4) is 11.5 Å². The van der Waals surface area contributed by atoms with Crippen LogP contribution in [0, 0.1) is 0 Å². The summed E-state index contributed by atoms with van der Waals surface area (Å²) in [6.45, 7) is 0.644. The molecule has 0 saturated heterocycles. The van der Waals surface area contributed by atoms with Gasteiger partial charge in [0, 0.05) is 36.2 Å². The summed E-state index contributed by atoms with van der Waals surface area (Å²) in [6, 6.07) is 15.5. The van der Waals surface area contributed by atoms with Crippen LogP contribution in [0.5, 0.6) is 11.5 Å². The second-order valence-electron chi connectivity index (χ2n) is 7.59. The molecule has 4 rings (SSSR count). The second-order valence-corrected chi connectivity index (χ2v) is 7.59. The molecule has 1 aliphatic carbocycles. The number of methoxy groups -OCH3 is 2. The van der Waals surface area contributed by atoms with Gasteiger partial charge in [0.15, 0.2) is 36.2 Å². The van der Waals surface area contributed by atoms with E-state index in [4.69, 9.17) is 9.47 Å². The van der Waals surface area contributed by atoms with Crippen LogP contribution < -0.4 is 19.4 Å². The Morgan fingerprint density at radius 3 is 2.50 bits per heavy atom. The Morgan fingerprint density at radius 1 is 1.09 bits per heavy atom. The quantitative estimate of drug-likeness (QED) is 0.483. The maximum Gasteiger partial charge on any atom is 0.257 e. The summed E-state index contributed by atoms with van der Waals surface area (Å²) >= 11 is 0. The molecule has 1 amide bonds. The van der Waals surface area contributed by atoms with Crippen LogP contribution in [0.2, 0.25) is 0 Å². The predicted octanol–water partition coefficient (Wildman–Crippen LogP) is 3.22. The molecule has 0 spiro atoms. The van der Waals surface area contributed by atoms with Crippen molar-refractivity contribution in [3.05, 3.63) is 94.3 Å². The number of nitrogens with zero attached hydrogens (tertiary/aromatic N) is 1. The molecule has 162 valence electrons. The Balaban J connectivity index is 1.69. The highest BCUT2D eigenvalue weighted by molar-refractivity contribution is 6.16. The summed E-state index contributed by atoms with van der Waals surface area (Å²) in [6.07, 6.45) is 6.01. The van der Waals surface area contributed by atoms with Gasteiger partial charge in [0.2, 0.25) is 0 Å². The molecule has 0 saturated carbocycles. The molecule has 2 aromatic carbocycles. The number of benzene rings is 2. The smallest absolute Gasteiger partial charge is 0.257 e. The van der Waals surface area contributed by atoms with Crippen molar-refractivity contribution >= 4 is 17.8 Å². The number of ether oxygens (including phenoxy) is 2. The summed E-state index contributed by atoms with van der Waals surface area (Å²) in [5.41, 5.74) is 4.46. The normalized spacial score (nSPS) is 13.7. The summed E-state index contributed by atoms with van der Waals surface area (Å²) in [7, 11) is 4.72. The van der Waals surface area contributed by atoms with E-state index in [1.54, 1.807) is 33.4 Å². The lowest BCUT2D eigenvalue weighted by Gasteiger charge is -2.08. The number of rotatable bonds is 6. The number of ketones is 1. The van der Waals surface area contributed by atoms with Gasteiger partial charge < -0.3 is 14.8 Å². The largest absolute Gasteiger partial charge is 0.493 e. The average molecular weight is 429 g/mol. The Hall–Kier alpha value is -3.93. The minimum Gasteiger partial charge on any atom is -0.493 e. The number of carbonyl (C=O) groups excluding carboxylic acids is 2. The first-order valence-electron chi connectivity index (χ1n) is 10.3. The number of Topliss-reactive ketones (excluding diaryl/α,β-unsaturated/α-hetero) is 1. The van der Waals surface area contributed by atoms with Gasteiger partial charge in [0.1, 0.15) is 5.56 Å². The Morgan fingerprint density at radius 2 is 1.81 bits per heavy atom. The van der Waals surface area contributed by atoms with Crippen LogP contribution >= 0.6 is 0 Å². The van der Waals surface area contributed by atoms with Gasteiger partial charge in [-0.2, -0.15) is 4.57 Å². The number of allylic oxidation sites excluding steroid dienone is 1. The van der Waals surface area contributed by atoms with Crippen LogP contribution in [0.25, 0.3) is 6.08 Å². The number of amides is 1. The SMILES string of the molecule is CNC(=O)c1c[n+](Cc2ccccc2)ccc1C=C1Cc2cc(OC)c(OC)cc2C1=O. The topological polar surface area (TPSA) is 68.5 Å². The average Bonchev–Trinajstić information content (AvgIpc) is 3.13. The fourth-order valence-corrected chi connectivity index (χ4v) is 3.93. The highest BCUT2D eigenvalue weighted by Gasteiger charge is 2.28. The zero-order valence-electron chi connectivity index (χ0n) is 18.3.